The zero-order valence-electron chi connectivity index (χ0n) is 9.04. The van der Waals surface area contributed by atoms with E-state index in [0.717, 1.165) is 10.9 Å². The second kappa shape index (κ2) is 4.41. The van der Waals surface area contributed by atoms with Gasteiger partial charge in [-0.25, -0.2) is 0 Å². The van der Waals surface area contributed by atoms with E-state index in [-0.39, 0.29) is 13.2 Å². The third kappa shape index (κ3) is 2.61. The van der Waals surface area contributed by atoms with Crippen molar-refractivity contribution in [1.29, 1.82) is 0 Å². The molecule has 1 N–H and O–H groups in total. The van der Waals surface area contributed by atoms with Crippen molar-refractivity contribution < 1.29 is 18.3 Å². The zero-order valence-corrected chi connectivity index (χ0v) is 9.04. The van der Waals surface area contributed by atoms with Crippen molar-refractivity contribution in [2.24, 2.45) is 0 Å². The summed E-state index contributed by atoms with van der Waals surface area (Å²) < 4.78 is 38.0. The average Bonchev–Trinajstić information content (AvgIpc) is 2.64. The van der Waals surface area contributed by atoms with Gasteiger partial charge in [0.15, 0.2) is 0 Å². The predicted octanol–water partition coefficient (Wildman–Crippen LogP) is 3.09. The van der Waals surface area contributed by atoms with Gasteiger partial charge < -0.3 is 9.67 Å². The summed E-state index contributed by atoms with van der Waals surface area (Å²) in [5.41, 5.74) is 1.38. The maximum absolute atomic E-state index is 12.2. The van der Waals surface area contributed by atoms with Crippen LogP contribution in [0.3, 0.4) is 0 Å². The van der Waals surface area contributed by atoms with E-state index in [2.05, 4.69) is 0 Å². The Labute approximate surface area is 96.3 Å². The van der Waals surface area contributed by atoms with Crippen LogP contribution in [0.5, 0.6) is 0 Å². The molecular formula is C12H12F3NO. The minimum Gasteiger partial charge on any atom is -0.392 e. The number of aromatic nitrogens is 1. The molecule has 92 valence electrons. The van der Waals surface area contributed by atoms with Gasteiger partial charge >= 0.3 is 6.18 Å². The highest BCUT2D eigenvalue weighted by atomic mass is 19.4. The lowest BCUT2D eigenvalue weighted by molar-refractivity contribution is -0.136. The normalized spacial score (nSPS) is 12.2. The third-order valence-electron chi connectivity index (χ3n) is 2.68. The largest absolute Gasteiger partial charge is 0.392 e. The van der Waals surface area contributed by atoms with Crippen LogP contribution >= 0.6 is 0 Å². The number of aryl methyl sites for hydroxylation is 1. The van der Waals surface area contributed by atoms with Crippen LogP contribution in [-0.4, -0.2) is 15.8 Å². The summed E-state index contributed by atoms with van der Waals surface area (Å²) in [5.74, 6) is 0. The molecule has 2 aromatic rings. The van der Waals surface area contributed by atoms with Crippen molar-refractivity contribution in [3.05, 3.63) is 36.0 Å². The number of rotatable bonds is 3. The molecule has 0 amide bonds. The zero-order chi connectivity index (χ0) is 12.5. The lowest BCUT2D eigenvalue weighted by Gasteiger charge is -2.08. The highest BCUT2D eigenvalue weighted by molar-refractivity contribution is 5.83. The van der Waals surface area contributed by atoms with E-state index in [1.807, 2.05) is 0 Å². The van der Waals surface area contributed by atoms with E-state index in [0.29, 0.717) is 5.56 Å². The predicted molar refractivity (Wildman–Crippen MR) is 58.5 cm³/mol. The Kier molecular flexibility index (Phi) is 3.11. The SMILES string of the molecule is OCc1cn(CCC(F)(F)F)c2ccccc12. The summed E-state index contributed by atoms with van der Waals surface area (Å²) in [4.78, 5) is 0. The maximum atomic E-state index is 12.2. The molecule has 0 saturated heterocycles. The number of aliphatic hydroxyl groups is 1. The summed E-state index contributed by atoms with van der Waals surface area (Å²) in [5, 5.41) is 9.94. The summed E-state index contributed by atoms with van der Waals surface area (Å²) >= 11 is 0. The van der Waals surface area contributed by atoms with E-state index in [1.54, 1.807) is 30.5 Å². The smallest absolute Gasteiger partial charge is 0.390 e. The van der Waals surface area contributed by atoms with Gasteiger partial charge in [-0.15, -0.1) is 0 Å². The monoisotopic (exact) mass is 243 g/mol. The van der Waals surface area contributed by atoms with Gasteiger partial charge in [-0.05, 0) is 6.07 Å². The average molecular weight is 243 g/mol. The molecule has 5 heteroatoms. The third-order valence-corrected chi connectivity index (χ3v) is 2.68. The highest BCUT2D eigenvalue weighted by Gasteiger charge is 2.26. The number of benzene rings is 1. The lowest BCUT2D eigenvalue weighted by Crippen LogP contribution is -2.11. The molecule has 0 atom stereocenters. The molecule has 0 aliphatic carbocycles. The molecule has 17 heavy (non-hydrogen) atoms. The van der Waals surface area contributed by atoms with Crippen LogP contribution in [0, 0.1) is 0 Å². The van der Waals surface area contributed by atoms with Gasteiger partial charge in [-0.2, -0.15) is 13.2 Å². The number of aliphatic hydroxyl groups excluding tert-OH is 1. The first-order valence-corrected chi connectivity index (χ1v) is 5.25. The molecule has 1 heterocycles. The van der Waals surface area contributed by atoms with Crippen molar-refractivity contribution in [3.63, 3.8) is 0 Å². The molecule has 2 rings (SSSR count). The van der Waals surface area contributed by atoms with Gasteiger partial charge in [0.25, 0.3) is 0 Å². The molecule has 0 fully saturated rings. The number of fused-ring (bicyclic) bond motifs is 1. The minimum atomic E-state index is -4.16. The van der Waals surface area contributed by atoms with Crippen molar-refractivity contribution in [2.45, 2.75) is 25.7 Å². The summed E-state index contributed by atoms with van der Waals surface area (Å²) in [6.45, 7) is -0.288. The Hall–Kier alpha value is -1.49. The van der Waals surface area contributed by atoms with Gasteiger partial charge in [0.2, 0.25) is 0 Å². The Morgan fingerprint density at radius 2 is 1.88 bits per heavy atom. The van der Waals surface area contributed by atoms with Crippen molar-refractivity contribution >= 4 is 10.9 Å². The number of hydrogen-bond donors (Lipinski definition) is 1. The van der Waals surface area contributed by atoms with Crippen LogP contribution in [0.2, 0.25) is 0 Å². The lowest BCUT2D eigenvalue weighted by atomic mass is 10.2. The first kappa shape index (κ1) is 12.0. The first-order valence-electron chi connectivity index (χ1n) is 5.25. The van der Waals surface area contributed by atoms with Crippen LogP contribution in [0.4, 0.5) is 13.2 Å². The van der Waals surface area contributed by atoms with Crippen LogP contribution in [0.25, 0.3) is 10.9 Å². The fraction of sp³-hybridized carbons (Fsp3) is 0.333. The maximum Gasteiger partial charge on any atom is 0.390 e. The van der Waals surface area contributed by atoms with Crippen LogP contribution < -0.4 is 0 Å². The summed E-state index contributed by atoms with van der Waals surface area (Å²) in [7, 11) is 0. The van der Waals surface area contributed by atoms with Gasteiger partial charge in [0.05, 0.1) is 13.0 Å². The number of alkyl halides is 3. The number of nitrogens with zero attached hydrogens (tertiary/aromatic N) is 1. The molecule has 0 bridgehead atoms. The van der Waals surface area contributed by atoms with Gasteiger partial charge in [0.1, 0.15) is 0 Å². The Balaban J connectivity index is 2.34. The quantitative estimate of drug-likeness (QED) is 0.880. The molecule has 1 aromatic heterocycles. The van der Waals surface area contributed by atoms with Crippen molar-refractivity contribution in [1.82, 2.24) is 4.57 Å². The Morgan fingerprint density at radius 3 is 2.53 bits per heavy atom. The van der Waals surface area contributed by atoms with Gasteiger partial charge in [-0.1, -0.05) is 18.2 Å². The minimum absolute atomic E-state index is 0.121. The van der Waals surface area contributed by atoms with Crippen LogP contribution in [0.15, 0.2) is 30.5 Å². The molecule has 0 saturated carbocycles. The van der Waals surface area contributed by atoms with Gasteiger partial charge in [0, 0.05) is 29.2 Å². The molecular weight excluding hydrogens is 231 g/mol. The number of para-hydroxylation sites is 1. The molecule has 0 radical (unpaired) electrons. The van der Waals surface area contributed by atoms with E-state index >= 15 is 0 Å². The van der Waals surface area contributed by atoms with E-state index < -0.39 is 12.6 Å². The fourth-order valence-electron chi connectivity index (χ4n) is 1.88. The second-order valence-electron chi connectivity index (χ2n) is 3.89. The molecule has 0 aliphatic rings. The Bertz CT molecular complexity index is 516. The van der Waals surface area contributed by atoms with Crippen molar-refractivity contribution in [2.75, 3.05) is 0 Å². The van der Waals surface area contributed by atoms with Crippen LogP contribution in [-0.2, 0) is 13.2 Å². The van der Waals surface area contributed by atoms with E-state index in [4.69, 9.17) is 5.11 Å². The number of halogens is 3. The fourth-order valence-corrected chi connectivity index (χ4v) is 1.88. The summed E-state index contributed by atoms with van der Waals surface area (Å²) in [6, 6.07) is 7.12. The van der Waals surface area contributed by atoms with Crippen LogP contribution in [0.1, 0.15) is 12.0 Å². The van der Waals surface area contributed by atoms with Gasteiger partial charge in [-0.3, -0.25) is 0 Å². The Morgan fingerprint density at radius 1 is 1.18 bits per heavy atom. The number of hydrogen-bond acceptors (Lipinski definition) is 1. The molecule has 0 aliphatic heterocycles. The second-order valence-corrected chi connectivity index (χ2v) is 3.89. The molecule has 0 spiro atoms. The standard InChI is InChI=1S/C12H12F3NO/c13-12(14,15)5-6-16-7-9(8-17)10-3-1-2-4-11(10)16/h1-4,7,17H,5-6,8H2. The highest BCUT2D eigenvalue weighted by Crippen LogP contribution is 2.25. The molecule has 1 aromatic carbocycles. The molecule has 0 unspecified atom stereocenters. The first-order chi connectivity index (χ1) is 8.01. The molecule has 2 nitrogen and oxygen atoms in total. The van der Waals surface area contributed by atoms with E-state index in [1.165, 1.54) is 4.57 Å². The topological polar surface area (TPSA) is 25.2 Å². The van der Waals surface area contributed by atoms with E-state index in [9.17, 15) is 13.2 Å². The van der Waals surface area contributed by atoms with Crippen molar-refractivity contribution in [3.8, 4) is 0 Å². The summed E-state index contributed by atoms with van der Waals surface area (Å²) in [6.07, 6.45) is -3.45.